The van der Waals surface area contributed by atoms with E-state index in [4.69, 9.17) is 10.5 Å². The normalized spacial score (nSPS) is 13.0. The van der Waals surface area contributed by atoms with Crippen molar-refractivity contribution in [2.45, 2.75) is 24.8 Å². The van der Waals surface area contributed by atoms with Gasteiger partial charge in [0.1, 0.15) is 14.8 Å². The van der Waals surface area contributed by atoms with Crippen LogP contribution in [0.25, 0.3) is 0 Å². The molecule has 1 heterocycles. The summed E-state index contributed by atoms with van der Waals surface area (Å²) < 4.78 is 34.1. The van der Waals surface area contributed by atoms with Crippen molar-refractivity contribution in [3.63, 3.8) is 0 Å². The van der Waals surface area contributed by atoms with Crippen LogP contribution in [0.2, 0.25) is 0 Å². The molecular formula is C12H20N2O5S2. The molecule has 0 aliphatic carbocycles. The Morgan fingerprint density at radius 3 is 2.52 bits per heavy atom. The van der Waals surface area contributed by atoms with Crippen LogP contribution in [0.3, 0.4) is 0 Å². The summed E-state index contributed by atoms with van der Waals surface area (Å²) >= 11 is 0.970. The summed E-state index contributed by atoms with van der Waals surface area (Å²) in [5, 5.41) is 3.35. The van der Waals surface area contributed by atoms with Gasteiger partial charge < -0.3 is 20.5 Å². The summed E-state index contributed by atoms with van der Waals surface area (Å²) in [6.45, 7) is 3.74. The first-order valence-electron chi connectivity index (χ1n) is 6.27. The van der Waals surface area contributed by atoms with Crippen LogP contribution in [0, 0.1) is 0 Å². The molecule has 0 bridgehead atoms. The Kier molecular flexibility index (Phi) is 5.99. The molecule has 0 aromatic carbocycles. The molecule has 120 valence electrons. The quantitative estimate of drug-likeness (QED) is 0.724. The molecule has 1 rings (SSSR count). The number of methoxy groups -OCH3 is 2. The number of sulfone groups is 1. The topological polar surface area (TPSA) is 108 Å². The van der Waals surface area contributed by atoms with Crippen molar-refractivity contribution in [3.05, 3.63) is 4.88 Å². The lowest BCUT2D eigenvalue weighted by atomic mass is 10.3. The fraction of sp³-hybridized carbons (Fsp3) is 0.583. The average molecular weight is 336 g/mol. The Hall–Kier alpha value is -1.32. The second-order valence-corrected chi connectivity index (χ2v) is 7.63. The number of nitrogens with two attached hydrogens (primary N) is 1. The molecule has 0 aliphatic rings. The van der Waals surface area contributed by atoms with E-state index in [1.165, 1.54) is 14.0 Å². The van der Waals surface area contributed by atoms with Gasteiger partial charge in [-0.05, 0) is 6.92 Å². The van der Waals surface area contributed by atoms with Crippen LogP contribution in [0.1, 0.15) is 23.5 Å². The predicted molar refractivity (Wildman–Crippen MR) is 82.8 cm³/mol. The second kappa shape index (κ2) is 7.10. The van der Waals surface area contributed by atoms with Crippen LogP contribution < -0.4 is 11.1 Å². The van der Waals surface area contributed by atoms with Crippen LogP contribution >= 0.6 is 11.3 Å². The molecule has 1 unspecified atom stereocenters. The number of esters is 1. The van der Waals surface area contributed by atoms with Crippen LogP contribution in [0.5, 0.6) is 0 Å². The van der Waals surface area contributed by atoms with Crippen molar-refractivity contribution in [2.75, 3.05) is 37.6 Å². The number of rotatable bonds is 7. The molecule has 0 saturated carbocycles. The first-order chi connectivity index (χ1) is 9.78. The van der Waals surface area contributed by atoms with Gasteiger partial charge in [-0.2, -0.15) is 0 Å². The molecule has 1 atom stereocenters. The number of ether oxygens (including phenoxy) is 2. The van der Waals surface area contributed by atoms with Gasteiger partial charge in [0.15, 0.2) is 9.84 Å². The van der Waals surface area contributed by atoms with Crippen molar-refractivity contribution in [1.82, 2.24) is 0 Å². The third-order valence-electron chi connectivity index (χ3n) is 2.76. The Morgan fingerprint density at radius 2 is 2.05 bits per heavy atom. The van der Waals surface area contributed by atoms with Crippen LogP contribution in [-0.2, 0) is 19.3 Å². The number of nitrogens with one attached hydrogen (secondary N) is 1. The Bertz CT molecular complexity index is 609. The summed E-state index contributed by atoms with van der Waals surface area (Å²) in [5.41, 5.74) is 5.78. The van der Waals surface area contributed by atoms with Gasteiger partial charge in [0.25, 0.3) is 0 Å². The highest BCUT2D eigenvalue weighted by Gasteiger charge is 2.29. The Morgan fingerprint density at radius 1 is 1.43 bits per heavy atom. The van der Waals surface area contributed by atoms with Crippen molar-refractivity contribution in [1.29, 1.82) is 0 Å². The third-order valence-corrected chi connectivity index (χ3v) is 5.81. The summed E-state index contributed by atoms with van der Waals surface area (Å²) in [4.78, 5) is 11.7. The summed E-state index contributed by atoms with van der Waals surface area (Å²) in [6.07, 6.45) is 0. The van der Waals surface area contributed by atoms with Gasteiger partial charge in [0.05, 0.1) is 25.2 Å². The van der Waals surface area contributed by atoms with Crippen LogP contribution in [0.15, 0.2) is 4.90 Å². The lowest BCUT2D eigenvalue weighted by Crippen LogP contribution is -2.21. The van der Waals surface area contributed by atoms with Crippen molar-refractivity contribution in [3.8, 4) is 0 Å². The monoisotopic (exact) mass is 336 g/mol. The number of hydrogen-bond acceptors (Lipinski definition) is 8. The molecule has 0 radical (unpaired) electrons. The molecule has 9 heteroatoms. The molecule has 0 spiro atoms. The molecule has 0 aliphatic heterocycles. The number of anilines is 2. The SMILES string of the molecule is CCS(=O)(=O)c1c(NC(C)COC)sc(C(=O)OC)c1N. The lowest BCUT2D eigenvalue weighted by molar-refractivity contribution is 0.0607. The molecule has 1 aromatic rings. The molecule has 7 nitrogen and oxygen atoms in total. The lowest BCUT2D eigenvalue weighted by Gasteiger charge is -2.14. The number of hydrogen-bond donors (Lipinski definition) is 2. The minimum atomic E-state index is -3.57. The zero-order valence-electron chi connectivity index (χ0n) is 12.4. The fourth-order valence-electron chi connectivity index (χ4n) is 1.74. The standard InChI is InChI=1S/C12H20N2O5S2/c1-5-21(16,17)10-8(13)9(12(15)19-4)20-11(10)14-7(2)6-18-3/h7,14H,5-6,13H2,1-4H3. The van der Waals surface area contributed by atoms with E-state index in [9.17, 15) is 13.2 Å². The van der Waals surface area contributed by atoms with Crippen molar-refractivity contribution < 1.29 is 22.7 Å². The van der Waals surface area contributed by atoms with E-state index in [0.29, 0.717) is 11.6 Å². The van der Waals surface area contributed by atoms with Crippen molar-refractivity contribution in [2.24, 2.45) is 0 Å². The van der Waals surface area contributed by atoms with E-state index < -0.39 is 15.8 Å². The van der Waals surface area contributed by atoms with Crippen LogP contribution in [0.4, 0.5) is 10.7 Å². The maximum atomic E-state index is 12.2. The van der Waals surface area contributed by atoms with Gasteiger partial charge in [0.2, 0.25) is 0 Å². The predicted octanol–water partition coefficient (Wildman–Crippen LogP) is 1.36. The van der Waals surface area contributed by atoms with E-state index in [2.05, 4.69) is 10.1 Å². The molecule has 3 N–H and O–H groups in total. The number of nitrogen functional groups attached to an aromatic ring is 1. The summed E-state index contributed by atoms with van der Waals surface area (Å²) in [6, 6.07) is -0.135. The first-order valence-corrected chi connectivity index (χ1v) is 8.74. The smallest absolute Gasteiger partial charge is 0.350 e. The Labute approximate surface area is 128 Å². The first kappa shape index (κ1) is 17.7. The summed E-state index contributed by atoms with van der Waals surface area (Å²) in [7, 11) is -0.802. The highest BCUT2D eigenvalue weighted by Crippen LogP contribution is 2.40. The average Bonchev–Trinajstić information content (AvgIpc) is 2.75. The zero-order chi connectivity index (χ0) is 16.2. The molecular weight excluding hydrogens is 316 g/mol. The second-order valence-electron chi connectivity index (χ2n) is 4.40. The van der Waals surface area contributed by atoms with Gasteiger partial charge in [0, 0.05) is 13.2 Å². The van der Waals surface area contributed by atoms with E-state index in [1.54, 1.807) is 7.11 Å². The molecule has 0 amide bonds. The van der Waals surface area contributed by atoms with Gasteiger partial charge in [-0.25, -0.2) is 13.2 Å². The molecule has 0 saturated heterocycles. The van der Waals surface area contributed by atoms with Gasteiger partial charge in [-0.1, -0.05) is 6.92 Å². The highest BCUT2D eigenvalue weighted by molar-refractivity contribution is 7.91. The van der Waals surface area contributed by atoms with E-state index in [1.807, 2.05) is 6.92 Å². The minimum absolute atomic E-state index is 0.0432. The van der Waals surface area contributed by atoms with Gasteiger partial charge in [-0.3, -0.25) is 0 Å². The van der Waals surface area contributed by atoms with Gasteiger partial charge >= 0.3 is 5.97 Å². The van der Waals surface area contributed by atoms with Crippen molar-refractivity contribution >= 4 is 37.8 Å². The molecule has 1 aromatic heterocycles. The maximum absolute atomic E-state index is 12.2. The van der Waals surface area contributed by atoms with Gasteiger partial charge in [-0.15, -0.1) is 11.3 Å². The van der Waals surface area contributed by atoms with Crippen LogP contribution in [-0.4, -0.2) is 47.0 Å². The third kappa shape index (κ3) is 3.86. The van der Waals surface area contributed by atoms with E-state index in [-0.39, 0.29) is 27.3 Å². The van der Waals surface area contributed by atoms with E-state index in [0.717, 1.165) is 11.3 Å². The molecule has 0 fully saturated rings. The minimum Gasteiger partial charge on any atom is -0.465 e. The Balaban J connectivity index is 3.37. The number of carbonyl (C=O) groups excluding carboxylic acids is 1. The summed E-state index contributed by atoms with van der Waals surface area (Å²) in [5.74, 6) is -0.764. The maximum Gasteiger partial charge on any atom is 0.350 e. The molecule has 21 heavy (non-hydrogen) atoms. The number of carbonyl (C=O) groups is 1. The largest absolute Gasteiger partial charge is 0.465 e. The zero-order valence-corrected chi connectivity index (χ0v) is 14.1. The number of thiophene rings is 1. The van der Waals surface area contributed by atoms with E-state index >= 15 is 0 Å². The highest BCUT2D eigenvalue weighted by atomic mass is 32.2. The fourth-order valence-corrected chi connectivity index (χ4v) is 4.42.